The van der Waals surface area contributed by atoms with Crippen molar-refractivity contribution in [3.63, 3.8) is 0 Å². The monoisotopic (exact) mass is 450 g/mol. The second-order valence-electron chi connectivity index (χ2n) is 7.31. The third-order valence-electron chi connectivity index (χ3n) is 5.16. The van der Waals surface area contributed by atoms with Gasteiger partial charge in [0.2, 0.25) is 0 Å². The van der Waals surface area contributed by atoms with Crippen LogP contribution >= 0.6 is 23.4 Å². The largest absolute Gasteiger partial charge is 0.495 e. The second kappa shape index (κ2) is 9.58. The molecular formula is C25H23ClN2O2S. The molecule has 0 unspecified atom stereocenters. The number of ether oxygens (including phenoxy) is 1. The van der Waals surface area contributed by atoms with Crippen molar-refractivity contribution in [3.05, 3.63) is 94.5 Å². The Hall–Kier alpha value is -2.76. The molecule has 0 aliphatic carbocycles. The zero-order valence-electron chi connectivity index (χ0n) is 17.4. The SMILES string of the molecule is COc1ccccc1N1CC(c2ccc(C)cc2)=N[C@@H]1SCC(=O)c1ccc(Cl)cc1. The van der Waals surface area contributed by atoms with Crippen LogP contribution in [-0.2, 0) is 0 Å². The highest BCUT2D eigenvalue weighted by molar-refractivity contribution is 8.00. The molecule has 31 heavy (non-hydrogen) atoms. The van der Waals surface area contributed by atoms with Crippen LogP contribution < -0.4 is 9.64 Å². The summed E-state index contributed by atoms with van der Waals surface area (Å²) in [5.74, 6) is 1.17. The summed E-state index contributed by atoms with van der Waals surface area (Å²) >= 11 is 7.46. The first-order chi connectivity index (χ1) is 15.0. The number of aliphatic imine (C=N–C) groups is 1. The van der Waals surface area contributed by atoms with Crippen molar-refractivity contribution >= 4 is 40.5 Å². The van der Waals surface area contributed by atoms with Crippen molar-refractivity contribution in [2.24, 2.45) is 4.99 Å². The summed E-state index contributed by atoms with van der Waals surface area (Å²) in [6.45, 7) is 2.72. The summed E-state index contributed by atoms with van der Waals surface area (Å²) in [5.41, 5.74) is 4.71. The zero-order valence-corrected chi connectivity index (χ0v) is 19.0. The van der Waals surface area contributed by atoms with Gasteiger partial charge < -0.3 is 9.64 Å². The molecule has 6 heteroatoms. The summed E-state index contributed by atoms with van der Waals surface area (Å²) in [6, 6.07) is 23.3. The summed E-state index contributed by atoms with van der Waals surface area (Å²) in [5, 5.41) is 0.620. The molecule has 3 aromatic carbocycles. The van der Waals surface area contributed by atoms with E-state index >= 15 is 0 Å². The van der Waals surface area contributed by atoms with Crippen LogP contribution in [0.3, 0.4) is 0 Å². The Bertz CT molecular complexity index is 1100. The van der Waals surface area contributed by atoms with E-state index in [1.807, 2.05) is 24.3 Å². The summed E-state index contributed by atoms with van der Waals surface area (Å²) in [7, 11) is 1.67. The second-order valence-corrected chi connectivity index (χ2v) is 8.79. The fourth-order valence-electron chi connectivity index (χ4n) is 3.46. The molecule has 0 fully saturated rings. The van der Waals surface area contributed by atoms with E-state index in [0.29, 0.717) is 22.9 Å². The minimum absolute atomic E-state index is 0.0561. The van der Waals surface area contributed by atoms with Crippen LogP contribution in [0.1, 0.15) is 21.5 Å². The van der Waals surface area contributed by atoms with E-state index in [2.05, 4.69) is 36.1 Å². The van der Waals surface area contributed by atoms with Gasteiger partial charge in [-0.25, -0.2) is 0 Å². The van der Waals surface area contributed by atoms with E-state index in [-0.39, 0.29) is 11.3 Å². The van der Waals surface area contributed by atoms with Gasteiger partial charge in [0.25, 0.3) is 0 Å². The molecule has 1 aliphatic heterocycles. The van der Waals surface area contributed by atoms with Gasteiger partial charge in [-0.05, 0) is 48.9 Å². The molecule has 0 amide bonds. The fourth-order valence-corrected chi connectivity index (χ4v) is 4.63. The third kappa shape index (κ3) is 4.94. The van der Waals surface area contributed by atoms with E-state index in [4.69, 9.17) is 21.3 Å². The molecule has 1 atom stereocenters. The Morgan fingerprint density at radius 3 is 2.52 bits per heavy atom. The molecule has 158 valence electrons. The van der Waals surface area contributed by atoms with Crippen LogP contribution in [0.2, 0.25) is 5.02 Å². The van der Waals surface area contributed by atoms with Crippen LogP contribution in [0, 0.1) is 6.92 Å². The number of halogens is 1. The molecule has 0 spiro atoms. The molecule has 0 radical (unpaired) electrons. The van der Waals surface area contributed by atoms with Crippen molar-refractivity contribution in [1.82, 2.24) is 0 Å². The number of ketones is 1. The van der Waals surface area contributed by atoms with Crippen molar-refractivity contribution < 1.29 is 9.53 Å². The topological polar surface area (TPSA) is 41.9 Å². The standard InChI is InChI=1S/C25H23ClN2O2S/c1-17-7-9-18(10-8-17)21-15-28(22-5-3-4-6-24(22)30-2)25(27-21)31-16-23(29)19-11-13-20(26)14-12-19/h3-14,25H,15-16H2,1-2H3/t25-/m0/s1. The van der Waals surface area contributed by atoms with Gasteiger partial charge in [0.1, 0.15) is 5.75 Å². The van der Waals surface area contributed by atoms with Gasteiger partial charge >= 0.3 is 0 Å². The number of hydrogen-bond acceptors (Lipinski definition) is 5. The summed E-state index contributed by atoms with van der Waals surface area (Å²) in [6.07, 6.45) is 0. The minimum Gasteiger partial charge on any atom is -0.495 e. The number of carbonyl (C=O) groups is 1. The molecule has 1 heterocycles. The Kier molecular flexibility index (Phi) is 6.64. The normalized spacial score (nSPS) is 15.6. The third-order valence-corrected chi connectivity index (χ3v) is 6.50. The highest BCUT2D eigenvalue weighted by Crippen LogP contribution is 2.36. The maximum atomic E-state index is 12.7. The highest BCUT2D eigenvalue weighted by atomic mass is 35.5. The number of carbonyl (C=O) groups excluding carboxylic acids is 1. The molecule has 0 bridgehead atoms. The van der Waals surface area contributed by atoms with Crippen molar-refractivity contribution in [3.8, 4) is 5.75 Å². The van der Waals surface area contributed by atoms with Gasteiger partial charge in [0, 0.05) is 10.6 Å². The van der Waals surface area contributed by atoms with E-state index in [1.54, 1.807) is 31.4 Å². The lowest BCUT2D eigenvalue weighted by atomic mass is 10.1. The van der Waals surface area contributed by atoms with Gasteiger partial charge in [-0.1, -0.05) is 53.6 Å². The van der Waals surface area contributed by atoms with Gasteiger partial charge in [-0.3, -0.25) is 9.79 Å². The van der Waals surface area contributed by atoms with Gasteiger partial charge in [0.05, 0.1) is 30.8 Å². The number of hydrogen-bond donors (Lipinski definition) is 0. The van der Waals surface area contributed by atoms with Crippen molar-refractivity contribution in [2.45, 2.75) is 12.4 Å². The average molecular weight is 451 g/mol. The lowest BCUT2D eigenvalue weighted by molar-refractivity contribution is 0.102. The first-order valence-electron chi connectivity index (χ1n) is 9.99. The smallest absolute Gasteiger partial charge is 0.172 e. The van der Waals surface area contributed by atoms with Crippen LogP contribution in [0.25, 0.3) is 0 Å². The van der Waals surface area contributed by atoms with E-state index in [9.17, 15) is 4.79 Å². The molecule has 1 aliphatic rings. The Labute approximate surface area is 191 Å². The van der Waals surface area contributed by atoms with Crippen LogP contribution in [0.4, 0.5) is 5.69 Å². The van der Waals surface area contributed by atoms with Gasteiger partial charge in [-0.15, -0.1) is 11.8 Å². The minimum atomic E-state index is -0.219. The van der Waals surface area contributed by atoms with Crippen LogP contribution in [0.5, 0.6) is 5.75 Å². The Morgan fingerprint density at radius 1 is 1.10 bits per heavy atom. The maximum Gasteiger partial charge on any atom is 0.172 e. The molecule has 0 saturated heterocycles. The zero-order chi connectivity index (χ0) is 21.8. The van der Waals surface area contributed by atoms with E-state index in [0.717, 1.165) is 22.7 Å². The summed E-state index contributed by atoms with van der Waals surface area (Å²) < 4.78 is 5.59. The first kappa shape index (κ1) is 21.5. The summed E-state index contributed by atoms with van der Waals surface area (Å²) in [4.78, 5) is 19.9. The molecule has 3 aromatic rings. The number of thioether (sulfide) groups is 1. The molecular weight excluding hydrogens is 428 g/mol. The molecule has 4 rings (SSSR count). The molecule has 0 saturated carbocycles. The predicted molar refractivity (Wildman–Crippen MR) is 130 cm³/mol. The van der Waals surface area contributed by atoms with Crippen LogP contribution in [0.15, 0.2) is 77.8 Å². The quantitative estimate of drug-likeness (QED) is 0.422. The maximum absolute atomic E-state index is 12.7. The first-order valence-corrected chi connectivity index (χ1v) is 11.4. The number of nitrogens with zero attached hydrogens (tertiary/aromatic N) is 2. The lowest BCUT2D eigenvalue weighted by Gasteiger charge is -2.26. The lowest BCUT2D eigenvalue weighted by Crippen LogP contribution is -2.30. The molecule has 0 aromatic heterocycles. The Morgan fingerprint density at radius 2 is 1.81 bits per heavy atom. The number of aryl methyl sites for hydroxylation is 1. The molecule has 0 N–H and O–H groups in total. The number of para-hydroxylation sites is 2. The molecule has 4 nitrogen and oxygen atoms in total. The Balaban J connectivity index is 1.58. The predicted octanol–water partition coefficient (Wildman–Crippen LogP) is 5.87. The number of rotatable bonds is 7. The van der Waals surface area contributed by atoms with E-state index in [1.165, 1.54) is 17.3 Å². The fraction of sp³-hybridized carbons (Fsp3) is 0.200. The average Bonchev–Trinajstić information content (AvgIpc) is 3.22. The highest BCUT2D eigenvalue weighted by Gasteiger charge is 2.30. The van der Waals surface area contributed by atoms with Gasteiger partial charge in [0.15, 0.2) is 11.3 Å². The van der Waals surface area contributed by atoms with Gasteiger partial charge in [-0.2, -0.15) is 0 Å². The van der Waals surface area contributed by atoms with Crippen molar-refractivity contribution in [2.75, 3.05) is 24.3 Å². The van der Waals surface area contributed by atoms with Crippen LogP contribution in [-0.4, -0.2) is 36.4 Å². The number of benzene rings is 3. The number of Topliss-reactive ketones (excluding diaryl/α,β-unsaturated/α-hetero) is 1. The number of anilines is 1. The van der Waals surface area contributed by atoms with Crippen molar-refractivity contribution in [1.29, 1.82) is 0 Å². The number of methoxy groups -OCH3 is 1. The van der Waals surface area contributed by atoms with E-state index < -0.39 is 0 Å².